The van der Waals surface area contributed by atoms with Crippen LogP contribution < -0.4 is 10.1 Å². The van der Waals surface area contributed by atoms with Crippen LogP contribution >= 0.6 is 0 Å². The molecule has 0 bridgehead atoms. The number of benzene rings is 1. The van der Waals surface area contributed by atoms with Crippen molar-refractivity contribution in [1.82, 2.24) is 0 Å². The Morgan fingerprint density at radius 2 is 1.83 bits per heavy atom. The van der Waals surface area contributed by atoms with E-state index in [1.165, 1.54) is 0 Å². The number of anilines is 1. The van der Waals surface area contributed by atoms with Crippen molar-refractivity contribution in [1.29, 1.82) is 0 Å². The standard InChI is InChI=1S/C14H16F3NO5/c1-13(2,3)23-12(21)18-9-5-4-8(11(19)20)6-10(9)22-7-14(15,16)17/h4-6H,7H2,1-3H3,(H,18,21)(H,19,20). The molecule has 128 valence electrons. The van der Waals surface area contributed by atoms with Crippen LogP contribution in [0.5, 0.6) is 5.75 Å². The second-order valence-corrected chi connectivity index (χ2v) is 5.55. The molecule has 0 radical (unpaired) electrons. The summed E-state index contributed by atoms with van der Waals surface area (Å²) in [5.41, 5.74) is -1.22. The lowest BCUT2D eigenvalue weighted by Gasteiger charge is -2.20. The van der Waals surface area contributed by atoms with Crippen LogP contribution in [-0.2, 0) is 4.74 Å². The SMILES string of the molecule is CC(C)(C)OC(=O)Nc1ccc(C(=O)O)cc1OCC(F)(F)F. The molecular formula is C14H16F3NO5. The summed E-state index contributed by atoms with van der Waals surface area (Å²) in [4.78, 5) is 22.6. The molecule has 0 spiro atoms. The number of halogens is 3. The molecule has 0 aliphatic heterocycles. The van der Waals surface area contributed by atoms with Crippen molar-refractivity contribution in [3.8, 4) is 5.75 Å². The highest BCUT2D eigenvalue weighted by molar-refractivity contribution is 5.92. The molecule has 0 saturated carbocycles. The zero-order chi connectivity index (χ0) is 17.8. The van der Waals surface area contributed by atoms with Crippen LogP contribution in [0.15, 0.2) is 18.2 Å². The highest BCUT2D eigenvalue weighted by Gasteiger charge is 2.29. The normalized spacial score (nSPS) is 11.7. The van der Waals surface area contributed by atoms with Gasteiger partial charge in [-0.3, -0.25) is 5.32 Å². The average molecular weight is 335 g/mol. The van der Waals surface area contributed by atoms with Crippen molar-refractivity contribution in [2.45, 2.75) is 32.5 Å². The molecule has 0 aromatic heterocycles. The highest BCUT2D eigenvalue weighted by Crippen LogP contribution is 2.28. The van der Waals surface area contributed by atoms with Crippen molar-refractivity contribution < 1.29 is 37.3 Å². The number of carbonyl (C=O) groups is 2. The van der Waals surface area contributed by atoms with Crippen molar-refractivity contribution in [3.05, 3.63) is 23.8 Å². The fourth-order valence-corrected chi connectivity index (χ4v) is 1.45. The van der Waals surface area contributed by atoms with E-state index in [1.54, 1.807) is 20.8 Å². The van der Waals surface area contributed by atoms with Gasteiger partial charge in [0.1, 0.15) is 11.4 Å². The number of nitrogens with one attached hydrogen (secondary N) is 1. The largest absolute Gasteiger partial charge is 0.482 e. The van der Waals surface area contributed by atoms with Gasteiger partial charge in [-0.25, -0.2) is 9.59 Å². The van der Waals surface area contributed by atoms with Gasteiger partial charge in [-0.1, -0.05) is 0 Å². The highest BCUT2D eigenvalue weighted by atomic mass is 19.4. The Kier molecular flexibility index (Phi) is 5.46. The maximum absolute atomic E-state index is 12.3. The molecule has 1 amide bonds. The molecular weight excluding hydrogens is 319 g/mol. The zero-order valence-corrected chi connectivity index (χ0v) is 12.7. The summed E-state index contributed by atoms with van der Waals surface area (Å²) in [7, 11) is 0. The Morgan fingerprint density at radius 1 is 1.22 bits per heavy atom. The Morgan fingerprint density at radius 3 is 2.30 bits per heavy atom. The topological polar surface area (TPSA) is 84.9 Å². The second kappa shape index (κ2) is 6.76. The maximum atomic E-state index is 12.3. The number of aromatic carboxylic acids is 1. The van der Waals surface area contributed by atoms with E-state index in [1.807, 2.05) is 0 Å². The van der Waals surface area contributed by atoms with E-state index in [0.29, 0.717) is 0 Å². The van der Waals surface area contributed by atoms with Crippen molar-refractivity contribution in [3.63, 3.8) is 0 Å². The van der Waals surface area contributed by atoms with E-state index in [0.717, 1.165) is 18.2 Å². The van der Waals surface area contributed by atoms with Crippen LogP contribution in [0.25, 0.3) is 0 Å². The molecule has 1 rings (SSSR count). The minimum Gasteiger partial charge on any atom is -0.482 e. The summed E-state index contributed by atoms with van der Waals surface area (Å²) in [6.07, 6.45) is -5.51. The van der Waals surface area contributed by atoms with Crippen LogP contribution in [0.3, 0.4) is 0 Å². The lowest BCUT2D eigenvalue weighted by Crippen LogP contribution is -2.27. The Bertz CT molecular complexity index is 593. The van der Waals surface area contributed by atoms with Gasteiger partial charge in [-0.15, -0.1) is 0 Å². The van der Waals surface area contributed by atoms with Gasteiger partial charge in [-0.05, 0) is 39.0 Å². The molecule has 6 nitrogen and oxygen atoms in total. The van der Waals surface area contributed by atoms with Gasteiger partial charge in [0.2, 0.25) is 0 Å². The first-order valence-corrected chi connectivity index (χ1v) is 6.44. The molecule has 0 heterocycles. The first-order valence-electron chi connectivity index (χ1n) is 6.44. The van der Waals surface area contributed by atoms with E-state index in [4.69, 9.17) is 9.84 Å². The summed E-state index contributed by atoms with van der Waals surface area (Å²) >= 11 is 0. The van der Waals surface area contributed by atoms with Crippen LogP contribution in [0.2, 0.25) is 0 Å². The van der Waals surface area contributed by atoms with Gasteiger partial charge in [0, 0.05) is 0 Å². The number of hydrogen-bond acceptors (Lipinski definition) is 4. The van der Waals surface area contributed by atoms with Crippen molar-refractivity contribution in [2.24, 2.45) is 0 Å². The molecule has 0 fully saturated rings. The quantitative estimate of drug-likeness (QED) is 0.877. The van der Waals surface area contributed by atoms with E-state index >= 15 is 0 Å². The number of amides is 1. The minimum atomic E-state index is -4.61. The fourth-order valence-electron chi connectivity index (χ4n) is 1.45. The summed E-state index contributed by atoms with van der Waals surface area (Å²) in [5.74, 6) is -1.77. The number of carbonyl (C=O) groups excluding carboxylic acids is 1. The van der Waals surface area contributed by atoms with Crippen molar-refractivity contribution in [2.75, 3.05) is 11.9 Å². The van der Waals surface area contributed by atoms with Crippen molar-refractivity contribution >= 4 is 17.7 Å². The van der Waals surface area contributed by atoms with Gasteiger partial charge in [0.05, 0.1) is 11.3 Å². The number of carboxylic acids is 1. The molecule has 0 saturated heterocycles. The first kappa shape index (κ1) is 18.6. The van der Waals surface area contributed by atoms with Crippen LogP contribution in [0, 0.1) is 0 Å². The van der Waals surface area contributed by atoms with E-state index in [2.05, 4.69) is 10.1 Å². The van der Waals surface area contributed by atoms with E-state index < -0.39 is 36.2 Å². The average Bonchev–Trinajstić information content (AvgIpc) is 2.33. The molecule has 0 unspecified atom stereocenters. The van der Waals surface area contributed by atoms with Crippen LogP contribution in [0.4, 0.5) is 23.7 Å². The summed E-state index contributed by atoms with van der Waals surface area (Å²) in [6, 6.07) is 3.13. The van der Waals surface area contributed by atoms with Gasteiger partial charge >= 0.3 is 18.2 Å². The summed E-state index contributed by atoms with van der Waals surface area (Å²) in [6.45, 7) is 3.21. The predicted molar refractivity (Wildman–Crippen MR) is 74.8 cm³/mol. The smallest absolute Gasteiger partial charge is 0.422 e. The van der Waals surface area contributed by atoms with Crippen LogP contribution in [0.1, 0.15) is 31.1 Å². The van der Waals surface area contributed by atoms with Gasteiger partial charge < -0.3 is 14.6 Å². The number of hydrogen-bond donors (Lipinski definition) is 2. The van der Waals surface area contributed by atoms with Gasteiger partial charge in [-0.2, -0.15) is 13.2 Å². The Balaban J connectivity index is 3.00. The van der Waals surface area contributed by atoms with Crippen LogP contribution in [-0.4, -0.2) is 35.6 Å². The molecule has 9 heteroatoms. The second-order valence-electron chi connectivity index (χ2n) is 5.55. The number of rotatable bonds is 4. The van der Waals surface area contributed by atoms with E-state index in [-0.39, 0.29) is 11.3 Å². The number of ether oxygens (including phenoxy) is 2. The molecule has 0 aliphatic rings. The lowest BCUT2D eigenvalue weighted by atomic mass is 10.2. The monoisotopic (exact) mass is 335 g/mol. The third-order valence-corrected chi connectivity index (χ3v) is 2.26. The zero-order valence-electron chi connectivity index (χ0n) is 12.7. The van der Waals surface area contributed by atoms with Gasteiger partial charge in [0.25, 0.3) is 0 Å². The molecule has 2 N–H and O–H groups in total. The summed E-state index contributed by atoms with van der Waals surface area (Å²) < 4.78 is 46.3. The molecule has 1 aromatic carbocycles. The minimum absolute atomic E-state index is 0.131. The lowest BCUT2D eigenvalue weighted by molar-refractivity contribution is -0.153. The predicted octanol–water partition coefficient (Wildman–Crippen LogP) is 3.67. The third kappa shape index (κ3) is 6.90. The van der Waals surface area contributed by atoms with Gasteiger partial charge in [0.15, 0.2) is 6.61 Å². The Labute approximate surface area is 130 Å². The fraction of sp³-hybridized carbons (Fsp3) is 0.429. The number of alkyl halides is 3. The summed E-state index contributed by atoms with van der Waals surface area (Å²) in [5, 5.41) is 11.1. The van der Waals surface area contributed by atoms with E-state index in [9.17, 15) is 22.8 Å². The molecule has 0 aliphatic carbocycles. The first-order chi connectivity index (χ1) is 10.4. The number of carboxylic acid groups (broad SMARTS) is 1. The Hall–Kier alpha value is -2.45. The molecule has 1 aromatic rings. The molecule has 0 atom stereocenters. The molecule has 23 heavy (non-hydrogen) atoms. The maximum Gasteiger partial charge on any atom is 0.422 e. The third-order valence-electron chi connectivity index (χ3n) is 2.26.